The second-order valence-corrected chi connectivity index (χ2v) is 11.1. The molecule has 1 atom stereocenters. The van der Waals surface area contributed by atoms with E-state index in [-0.39, 0.29) is 21.6 Å². The number of fused-ring (bicyclic) bond motifs is 1. The average molecular weight is 515 g/mol. The number of hydrogen-bond acceptors (Lipinski definition) is 5. The Morgan fingerprint density at radius 1 is 1.11 bits per heavy atom. The predicted octanol–water partition coefficient (Wildman–Crippen LogP) is 4.96. The molecule has 3 aromatic carbocycles. The highest BCUT2D eigenvalue weighted by Crippen LogP contribution is 2.39. The second kappa shape index (κ2) is 9.79. The molecule has 1 N–H and O–H groups in total. The van der Waals surface area contributed by atoms with Crippen LogP contribution in [0, 0.1) is 0 Å². The summed E-state index contributed by atoms with van der Waals surface area (Å²) in [5, 5.41) is 3.24. The highest BCUT2D eigenvalue weighted by Gasteiger charge is 2.35. The van der Waals surface area contributed by atoms with Gasteiger partial charge in [0.05, 0.1) is 28.8 Å². The van der Waals surface area contributed by atoms with Crippen molar-refractivity contribution in [2.24, 2.45) is 0 Å². The number of nitrogens with one attached hydrogen (secondary N) is 1. The van der Waals surface area contributed by atoms with E-state index < -0.39 is 28.1 Å². The van der Waals surface area contributed by atoms with Crippen molar-refractivity contribution >= 4 is 33.2 Å². The van der Waals surface area contributed by atoms with Gasteiger partial charge in [-0.1, -0.05) is 48.0 Å². The zero-order valence-corrected chi connectivity index (χ0v) is 21.3. The van der Waals surface area contributed by atoms with Crippen LogP contribution in [0.25, 0.3) is 0 Å². The normalized spacial score (nSPS) is 16.5. The maximum Gasteiger partial charge on any atom is 0.264 e. The number of hydrogen-bond donors (Lipinski definition) is 1. The van der Waals surface area contributed by atoms with E-state index in [1.807, 2.05) is 38.1 Å². The van der Waals surface area contributed by atoms with Crippen molar-refractivity contribution in [3.8, 4) is 11.5 Å². The van der Waals surface area contributed by atoms with E-state index in [0.29, 0.717) is 17.9 Å². The molecule has 0 radical (unpaired) electrons. The Balaban J connectivity index is 1.66. The fourth-order valence-corrected chi connectivity index (χ4v) is 5.83. The van der Waals surface area contributed by atoms with Gasteiger partial charge in [0, 0.05) is 12.0 Å². The number of nitrogens with zero attached hydrogens (tertiary/aromatic N) is 1. The van der Waals surface area contributed by atoms with Crippen LogP contribution < -0.4 is 19.1 Å². The van der Waals surface area contributed by atoms with Gasteiger partial charge in [-0.05, 0) is 50.2 Å². The summed E-state index contributed by atoms with van der Waals surface area (Å²) in [6, 6.07) is 19.8. The number of methoxy groups -OCH3 is 1. The number of ether oxygens (including phenoxy) is 2. The van der Waals surface area contributed by atoms with E-state index in [0.717, 1.165) is 9.87 Å². The van der Waals surface area contributed by atoms with Crippen molar-refractivity contribution in [1.29, 1.82) is 0 Å². The van der Waals surface area contributed by atoms with E-state index in [9.17, 15) is 13.2 Å². The summed E-state index contributed by atoms with van der Waals surface area (Å²) in [5.74, 6) is 0.650. The van der Waals surface area contributed by atoms with E-state index in [4.69, 9.17) is 21.1 Å². The fraction of sp³-hybridized carbons (Fsp3) is 0.269. The molecule has 0 aromatic heterocycles. The van der Waals surface area contributed by atoms with E-state index in [1.54, 1.807) is 30.3 Å². The summed E-state index contributed by atoms with van der Waals surface area (Å²) in [7, 11) is -2.59. The van der Waals surface area contributed by atoms with Crippen LogP contribution in [-0.2, 0) is 14.8 Å². The highest BCUT2D eigenvalue weighted by atomic mass is 35.5. The number of para-hydroxylation sites is 1. The van der Waals surface area contributed by atoms with E-state index in [1.165, 1.54) is 25.3 Å². The van der Waals surface area contributed by atoms with E-state index >= 15 is 0 Å². The molecule has 1 amide bonds. The number of sulfonamides is 1. The van der Waals surface area contributed by atoms with Crippen molar-refractivity contribution in [3.63, 3.8) is 0 Å². The summed E-state index contributed by atoms with van der Waals surface area (Å²) < 4.78 is 39.5. The topological polar surface area (TPSA) is 84.9 Å². The first-order chi connectivity index (χ1) is 16.6. The number of carbonyl (C=O) groups is 1. The van der Waals surface area contributed by atoms with Gasteiger partial charge in [-0.15, -0.1) is 0 Å². The first-order valence-electron chi connectivity index (χ1n) is 11.1. The molecule has 7 nitrogen and oxygen atoms in total. The minimum atomic E-state index is -4.06. The van der Waals surface area contributed by atoms with Gasteiger partial charge in [-0.25, -0.2) is 8.42 Å². The molecule has 9 heteroatoms. The largest absolute Gasteiger partial charge is 0.495 e. The van der Waals surface area contributed by atoms with Gasteiger partial charge >= 0.3 is 0 Å². The van der Waals surface area contributed by atoms with Gasteiger partial charge in [-0.2, -0.15) is 0 Å². The number of anilines is 1. The molecule has 1 unspecified atom stereocenters. The quantitative estimate of drug-likeness (QED) is 0.481. The number of rotatable bonds is 7. The van der Waals surface area contributed by atoms with Gasteiger partial charge in [0.1, 0.15) is 23.6 Å². The molecule has 0 saturated carbocycles. The molecule has 0 spiro atoms. The first kappa shape index (κ1) is 24.9. The molecular weight excluding hydrogens is 488 g/mol. The number of carbonyl (C=O) groups excluding carboxylic acids is 1. The standard InChI is InChI=1S/C26H27ClN2O5S/c1-26(2)16-22(20-11-7-8-12-23(20)34-26)28-25(30)17-29(18-13-14-24(33-3)21(27)15-18)35(31,32)19-9-5-4-6-10-19/h4-15,22H,16-17H2,1-3H3,(H,28,30). The van der Waals surface area contributed by atoms with Gasteiger partial charge in [0.2, 0.25) is 5.91 Å². The first-order valence-corrected chi connectivity index (χ1v) is 12.9. The Morgan fingerprint density at radius 2 is 1.80 bits per heavy atom. The summed E-state index contributed by atoms with van der Waals surface area (Å²) in [5.41, 5.74) is 0.610. The minimum Gasteiger partial charge on any atom is -0.495 e. The number of halogens is 1. The Bertz CT molecular complexity index is 1330. The Hall–Kier alpha value is -3.23. The summed E-state index contributed by atoms with van der Waals surface area (Å²) in [6.45, 7) is 3.47. The zero-order valence-electron chi connectivity index (χ0n) is 19.7. The molecule has 1 aliphatic heterocycles. The third-order valence-corrected chi connectivity index (χ3v) is 7.84. The molecule has 0 bridgehead atoms. The number of benzene rings is 3. The lowest BCUT2D eigenvalue weighted by molar-refractivity contribution is -0.120. The van der Waals surface area contributed by atoms with Crippen molar-refractivity contribution in [3.05, 3.63) is 83.4 Å². The molecule has 1 aliphatic rings. The molecule has 35 heavy (non-hydrogen) atoms. The van der Waals surface area contributed by atoms with Gasteiger partial charge in [0.25, 0.3) is 10.0 Å². The Kier molecular flexibility index (Phi) is 6.96. The molecule has 184 valence electrons. The molecule has 4 rings (SSSR count). The molecule has 1 heterocycles. The predicted molar refractivity (Wildman–Crippen MR) is 136 cm³/mol. The van der Waals surface area contributed by atoms with Crippen LogP contribution >= 0.6 is 11.6 Å². The molecular formula is C26H27ClN2O5S. The van der Waals surface area contributed by atoms with Crippen molar-refractivity contribution < 1.29 is 22.7 Å². The van der Waals surface area contributed by atoms with Crippen LogP contribution in [0.3, 0.4) is 0 Å². The highest BCUT2D eigenvalue weighted by molar-refractivity contribution is 7.92. The summed E-state index contributed by atoms with van der Waals surface area (Å²) in [6.07, 6.45) is 0.537. The fourth-order valence-electron chi connectivity index (χ4n) is 4.15. The Morgan fingerprint density at radius 3 is 2.49 bits per heavy atom. The lowest BCUT2D eigenvalue weighted by atomic mass is 9.89. The molecule has 3 aromatic rings. The SMILES string of the molecule is COc1ccc(N(CC(=O)NC2CC(C)(C)Oc3ccccc32)S(=O)(=O)c2ccccc2)cc1Cl. The van der Waals surface area contributed by atoms with Crippen LogP contribution in [0.4, 0.5) is 5.69 Å². The molecule has 0 fully saturated rings. The van der Waals surface area contributed by atoms with Crippen LogP contribution in [0.1, 0.15) is 31.9 Å². The minimum absolute atomic E-state index is 0.0669. The van der Waals surface area contributed by atoms with Gasteiger partial charge in [-0.3, -0.25) is 9.10 Å². The summed E-state index contributed by atoms with van der Waals surface area (Å²) >= 11 is 6.29. The lowest BCUT2D eigenvalue weighted by Gasteiger charge is -2.38. The van der Waals surface area contributed by atoms with Crippen LogP contribution in [-0.4, -0.2) is 33.6 Å². The van der Waals surface area contributed by atoms with Gasteiger partial charge < -0.3 is 14.8 Å². The summed E-state index contributed by atoms with van der Waals surface area (Å²) in [4.78, 5) is 13.4. The third kappa shape index (κ3) is 5.39. The lowest BCUT2D eigenvalue weighted by Crippen LogP contribution is -2.45. The van der Waals surface area contributed by atoms with E-state index in [2.05, 4.69) is 5.32 Å². The third-order valence-electron chi connectivity index (χ3n) is 5.75. The maximum absolute atomic E-state index is 13.6. The monoisotopic (exact) mass is 514 g/mol. The molecule has 0 saturated heterocycles. The smallest absolute Gasteiger partial charge is 0.264 e. The average Bonchev–Trinajstić information content (AvgIpc) is 2.82. The number of amides is 1. The van der Waals surface area contributed by atoms with Crippen molar-refractivity contribution in [2.45, 2.75) is 36.8 Å². The Labute approximate surface area is 210 Å². The van der Waals surface area contributed by atoms with Crippen LogP contribution in [0.2, 0.25) is 5.02 Å². The molecule has 0 aliphatic carbocycles. The van der Waals surface area contributed by atoms with Crippen LogP contribution in [0.5, 0.6) is 11.5 Å². The zero-order chi connectivity index (χ0) is 25.2. The van der Waals surface area contributed by atoms with Crippen LogP contribution in [0.15, 0.2) is 77.7 Å². The maximum atomic E-state index is 13.6. The second-order valence-electron chi connectivity index (χ2n) is 8.87. The van der Waals surface area contributed by atoms with Gasteiger partial charge in [0.15, 0.2) is 0 Å². The van der Waals surface area contributed by atoms with Crippen molar-refractivity contribution in [2.75, 3.05) is 18.0 Å². The van der Waals surface area contributed by atoms with Crippen molar-refractivity contribution in [1.82, 2.24) is 5.32 Å².